The van der Waals surface area contributed by atoms with Crippen molar-refractivity contribution in [3.05, 3.63) is 35.5 Å². The monoisotopic (exact) mass is 222 g/mol. The van der Waals surface area contributed by atoms with E-state index in [1.807, 2.05) is 0 Å². The number of aromatic nitrogens is 1. The van der Waals surface area contributed by atoms with Gasteiger partial charge in [-0.25, -0.2) is 8.78 Å². The Kier molecular flexibility index (Phi) is 1.77. The molecule has 0 spiro atoms. The van der Waals surface area contributed by atoms with E-state index in [1.54, 1.807) is 4.57 Å². The standard InChI is InChI=1S/C11H8F2N2O/c12-6-1-2-8-7(5-6)9(13)10-11(16)14-3-4-15(8)10/h1-2,5H,3-4H2,(H,14,16). The first kappa shape index (κ1) is 9.33. The number of hydrogen-bond donors (Lipinski definition) is 1. The number of fused-ring (bicyclic) bond motifs is 3. The molecule has 1 amide bonds. The Hall–Kier alpha value is -1.91. The van der Waals surface area contributed by atoms with E-state index in [2.05, 4.69) is 5.32 Å². The van der Waals surface area contributed by atoms with Crippen LogP contribution in [0.15, 0.2) is 18.2 Å². The fourth-order valence-corrected chi connectivity index (χ4v) is 2.11. The first-order valence-corrected chi connectivity index (χ1v) is 4.94. The molecule has 1 aliphatic rings. The second kappa shape index (κ2) is 3.04. The van der Waals surface area contributed by atoms with Gasteiger partial charge in [0.25, 0.3) is 5.91 Å². The van der Waals surface area contributed by atoms with E-state index in [0.717, 1.165) is 6.07 Å². The van der Waals surface area contributed by atoms with E-state index in [1.165, 1.54) is 12.1 Å². The molecule has 3 nitrogen and oxygen atoms in total. The summed E-state index contributed by atoms with van der Waals surface area (Å²) in [5.41, 5.74) is 0.551. The fourth-order valence-electron chi connectivity index (χ4n) is 2.11. The fraction of sp³-hybridized carbons (Fsp3) is 0.182. The van der Waals surface area contributed by atoms with Gasteiger partial charge in [-0.15, -0.1) is 0 Å². The number of carbonyl (C=O) groups excluding carboxylic acids is 1. The van der Waals surface area contributed by atoms with Gasteiger partial charge in [-0.3, -0.25) is 4.79 Å². The zero-order valence-corrected chi connectivity index (χ0v) is 8.26. The lowest BCUT2D eigenvalue weighted by atomic mass is 10.2. The Labute approximate surface area is 89.7 Å². The highest BCUT2D eigenvalue weighted by molar-refractivity contribution is 6.00. The maximum absolute atomic E-state index is 13.9. The number of rotatable bonds is 0. The van der Waals surface area contributed by atoms with Crippen molar-refractivity contribution in [2.24, 2.45) is 0 Å². The molecular formula is C11H8F2N2O. The van der Waals surface area contributed by atoms with Crippen LogP contribution in [0.3, 0.4) is 0 Å². The summed E-state index contributed by atoms with van der Waals surface area (Å²) in [6.07, 6.45) is 0. The summed E-state index contributed by atoms with van der Waals surface area (Å²) in [7, 11) is 0. The van der Waals surface area contributed by atoms with Crippen LogP contribution in [0.5, 0.6) is 0 Å². The molecule has 0 atom stereocenters. The second-order valence-electron chi connectivity index (χ2n) is 3.73. The zero-order chi connectivity index (χ0) is 11.3. The molecule has 1 aliphatic heterocycles. The van der Waals surface area contributed by atoms with Crippen LogP contribution in [-0.2, 0) is 6.54 Å². The number of halogens is 2. The van der Waals surface area contributed by atoms with Gasteiger partial charge in [0.1, 0.15) is 11.5 Å². The highest BCUT2D eigenvalue weighted by atomic mass is 19.1. The van der Waals surface area contributed by atoms with Crippen LogP contribution in [0.25, 0.3) is 10.9 Å². The lowest BCUT2D eigenvalue weighted by Gasteiger charge is -2.16. The molecule has 0 saturated heterocycles. The SMILES string of the molecule is O=C1NCCn2c1c(F)c1cc(F)ccc12. The van der Waals surface area contributed by atoms with Gasteiger partial charge in [-0.05, 0) is 18.2 Å². The molecule has 1 aromatic heterocycles. The minimum absolute atomic E-state index is 0.00755. The van der Waals surface area contributed by atoms with Crippen molar-refractivity contribution in [3.8, 4) is 0 Å². The molecule has 0 aliphatic carbocycles. The number of carbonyl (C=O) groups is 1. The summed E-state index contributed by atoms with van der Waals surface area (Å²) in [6, 6.07) is 3.88. The molecule has 3 rings (SSSR count). The number of amides is 1. The van der Waals surface area contributed by atoms with E-state index in [-0.39, 0.29) is 11.1 Å². The number of hydrogen-bond acceptors (Lipinski definition) is 1. The van der Waals surface area contributed by atoms with Crippen molar-refractivity contribution in [1.82, 2.24) is 9.88 Å². The smallest absolute Gasteiger partial charge is 0.271 e. The van der Waals surface area contributed by atoms with Crippen molar-refractivity contribution in [1.29, 1.82) is 0 Å². The summed E-state index contributed by atoms with van der Waals surface area (Å²) in [5, 5.41) is 2.72. The largest absolute Gasteiger partial charge is 0.349 e. The normalized spacial score (nSPS) is 15.0. The molecule has 0 unspecified atom stereocenters. The van der Waals surface area contributed by atoms with Crippen molar-refractivity contribution in [2.45, 2.75) is 6.54 Å². The summed E-state index contributed by atoms with van der Waals surface area (Å²) in [6.45, 7) is 0.972. The van der Waals surface area contributed by atoms with Crippen LogP contribution in [0.4, 0.5) is 8.78 Å². The van der Waals surface area contributed by atoms with E-state index in [9.17, 15) is 13.6 Å². The third-order valence-corrected chi connectivity index (χ3v) is 2.80. The molecule has 1 aromatic carbocycles. The van der Waals surface area contributed by atoms with Crippen LogP contribution >= 0.6 is 0 Å². The van der Waals surface area contributed by atoms with Gasteiger partial charge in [0.15, 0.2) is 5.82 Å². The third-order valence-electron chi connectivity index (χ3n) is 2.80. The molecule has 2 heterocycles. The van der Waals surface area contributed by atoms with Crippen LogP contribution in [0.2, 0.25) is 0 Å². The molecule has 0 saturated carbocycles. The highest BCUT2D eigenvalue weighted by Gasteiger charge is 2.25. The van der Waals surface area contributed by atoms with E-state index >= 15 is 0 Å². The van der Waals surface area contributed by atoms with E-state index in [4.69, 9.17) is 0 Å². The molecule has 0 radical (unpaired) electrons. The zero-order valence-electron chi connectivity index (χ0n) is 8.26. The molecule has 0 fully saturated rings. The summed E-state index contributed by atoms with van der Waals surface area (Å²) in [5.74, 6) is -1.60. The Balaban J connectivity index is 2.43. The van der Waals surface area contributed by atoms with Gasteiger partial charge in [0.2, 0.25) is 0 Å². The van der Waals surface area contributed by atoms with Crippen LogP contribution in [-0.4, -0.2) is 17.0 Å². The van der Waals surface area contributed by atoms with Gasteiger partial charge < -0.3 is 9.88 Å². The van der Waals surface area contributed by atoms with Crippen LogP contribution in [0.1, 0.15) is 10.5 Å². The number of nitrogens with zero attached hydrogens (tertiary/aromatic N) is 1. The Morgan fingerprint density at radius 2 is 2.12 bits per heavy atom. The topological polar surface area (TPSA) is 34.0 Å². The minimum atomic E-state index is -0.647. The first-order valence-electron chi connectivity index (χ1n) is 4.94. The number of benzene rings is 1. The average Bonchev–Trinajstić information content (AvgIpc) is 2.54. The van der Waals surface area contributed by atoms with Gasteiger partial charge in [0.05, 0.1) is 5.52 Å². The van der Waals surface area contributed by atoms with Crippen molar-refractivity contribution in [2.75, 3.05) is 6.54 Å². The molecule has 0 bridgehead atoms. The second-order valence-corrected chi connectivity index (χ2v) is 3.73. The summed E-state index contributed by atoms with van der Waals surface area (Å²) < 4.78 is 28.5. The Bertz CT molecular complexity index is 604. The predicted molar refractivity (Wildman–Crippen MR) is 54.2 cm³/mol. The minimum Gasteiger partial charge on any atom is -0.349 e. The van der Waals surface area contributed by atoms with Crippen molar-refractivity contribution >= 4 is 16.8 Å². The molecular weight excluding hydrogens is 214 g/mol. The third kappa shape index (κ3) is 1.08. The van der Waals surface area contributed by atoms with Crippen molar-refractivity contribution < 1.29 is 13.6 Å². The van der Waals surface area contributed by atoms with Gasteiger partial charge in [0, 0.05) is 18.5 Å². The maximum Gasteiger partial charge on any atom is 0.271 e. The summed E-state index contributed by atoms with van der Waals surface area (Å²) >= 11 is 0. The average molecular weight is 222 g/mol. The quantitative estimate of drug-likeness (QED) is 0.722. The highest BCUT2D eigenvalue weighted by Crippen LogP contribution is 2.26. The van der Waals surface area contributed by atoms with Gasteiger partial charge in [-0.1, -0.05) is 0 Å². The lowest BCUT2D eigenvalue weighted by molar-refractivity contribution is 0.0924. The van der Waals surface area contributed by atoms with Crippen LogP contribution in [0, 0.1) is 11.6 Å². The molecule has 2 aromatic rings. The van der Waals surface area contributed by atoms with Crippen LogP contribution < -0.4 is 5.32 Å². The Morgan fingerprint density at radius 1 is 1.31 bits per heavy atom. The predicted octanol–water partition coefficient (Wildman–Crippen LogP) is 1.66. The number of nitrogens with one attached hydrogen (secondary N) is 1. The Morgan fingerprint density at radius 3 is 2.94 bits per heavy atom. The summed E-state index contributed by atoms with van der Waals surface area (Å²) in [4.78, 5) is 11.5. The first-order chi connectivity index (χ1) is 7.68. The van der Waals surface area contributed by atoms with Crippen molar-refractivity contribution in [3.63, 3.8) is 0 Å². The molecule has 82 valence electrons. The van der Waals surface area contributed by atoms with Gasteiger partial charge in [-0.2, -0.15) is 0 Å². The maximum atomic E-state index is 13.9. The molecule has 5 heteroatoms. The van der Waals surface area contributed by atoms with E-state index < -0.39 is 17.5 Å². The lowest BCUT2D eigenvalue weighted by Crippen LogP contribution is -2.35. The van der Waals surface area contributed by atoms with Gasteiger partial charge >= 0.3 is 0 Å². The molecule has 16 heavy (non-hydrogen) atoms. The molecule has 1 N–H and O–H groups in total. The van der Waals surface area contributed by atoms with E-state index in [0.29, 0.717) is 18.6 Å².